The Labute approximate surface area is 107 Å². The van der Waals surface area contributed by atoms with E-state index in [1.807, 2.05) is 0 Å². The molecule has 0 amide bonds. The van der Waals surface area contributed by atoms with Gasteiger partial charge in [-0.2, -0.15) is 0 Å². The first-order chi connectivity index (χ1) is 8.99. The summed E-state index contributed by atoms with van der Waals surface area (Å²) in [6, 6.07) is 1.82. The van der Waals surface area contributed by atoms with E-state index in [-0.39, 0.29) is 5.56 Å². The summed E-state index contributed by atoms with van der Waals surface area (Å²) in [5, 5.41) is 0. The molecule has 0 saturated heterocycles. The summed E-state index contributed by atoms with van der Waals surface area (Å²) in [6.45, 7) is 0. The van der Waals surface area contributed by atoms with E-state index in [0.29, 0.717) is 17.4 Å². The maximum Gasteiger partial charge on any atom is 0.194 e. The first-order valence-corrected chi connectivity index (χ1v) is 5.96. The summed E-state index contributed by atoms with van der Waals surface area (Å²) in [5.74, 6) is -2.48. The molecule has 2 aromatic rings. The maximum absolute atomic E-state index is 13.2. The third-order valence-corrected chi connectivity index (χ3v) is 3.37. The molecular weight excluding hydrogens is 255 g/mol. The number of aromatic nitrogens is 2. The van der Waals surface area contributed by atoms with Gasteiger partial charge in [-0.1, -0.05) is 0 Å². The molecule has 0 atom stereocenters. The third kappa shape index (κ3) is 1.87. The van der Waals surface area contributed by atoms with E-state index in [1.165, 1.54) is 0 Å². The second kappa shape index (κ2) is 4.01. The van der Waals surface area contributed by atoms with E-state index in [1.54, 1.807) is 11.6 Å². The predicted octanol–water partition coefficient (Wildman–Crippen LogP) is 2.96. The Bertz CT molecular complexity index is 636. The number of rotatable bonds is 2. The van der Waals surface area contributed by atoms with Crippen molar-refractivity contribution >= 4 is 5.82 Å². The summed E-state index contributed by atoms with van der Waals surface area (Å²) < 4.78 is 41.1. The molecule has 0 unspecified atom stereocenters. The SMILES string of the molecule is Cn1c(C2CC2)nc(-c2cc(F)c(F)c(F)c2)c1N. The van der Waals surface area contributed by atoms with Crippen LogP contribution < -0.4 is 5.73 Å². The van der Waals surface area contributed by atoms with Gasteiger partial charge in [0.2, 0.25) is 0 Å². The zero-order chi connectivity index (χ0) is 13.7. The van der Waals surface area contributed by atoms with Crippen molar-refractivity contribution in [2.75, 3.05) is 5.73 Å². The molecule has 3 rings (SSSR count). The number of benzene rings is 1. The molecule has 1 saturated carbocycles. The van der Waals surface area contributed by atoms with Crippen molar-refractivity contribution in [2.24, 2.45) is 7.05 Å². The lowest BCUT2D eigenvalue weighted by Gasteiger charge is -2.02. The quantitative estimate of drug-likeness (QED) is 0.850. The average molecular weight is 267 g/mol. The number of halogens is 3. The average Bonchev–Trinajstić information content (AvgIpc) is 3.15. The molecular formula is C13H12F3N3. The Morgan fingerprint density at radius 1 is 1.21 bits per heavy atom. The van der Waals surface area contributed by atoms with Crippen molar-refractivity contribution < 1.29 is 13.2 Å². The molecule has 0 radical (unpaired) electrons. The van der Waals surface area contributed by atoms with Crippen molar-refractivity contribution in [3.8, 4) is 11.3 Å². The van der Waals surface area contributed by atoms with Crippen LogP contribution in [0, 0.1) is 17.5 Å². The smallest absolute Gasteiger partial charge is 0.194 e. The van der Waals surface area contributed by atoms with E-state index in [2.05, 4.69) is 4.98 Å². The second-order valence-corrected chi connectivity index (χ2v) is 4.79. The molecule has 0 aliphatic heterocycles. The molecule has 6 heteroatoms. The Morgan fingerprint density at radius 2 is 1.79 bits per heavy atom. The number of nitrogens with zero attached hydrogens (tertiary/aromatic N) is 2. The van der Waals surface area contributed by atoms with Crippen molar-refractivity contribution in [3.05, 3.63) is 35.4 Å². The Morgan fingerprint density at radius 3 is 2.32 bits per heavy atom. The second-order valence-electron chi connectivity index (χ2n) is 4.79. The van der Waals surface area contributed by atoms with Crippen LogP contribution in [0.1, 0.15) is 24.6 Å². The van der Waals surface area contributed by atoms with Crippen LogP contribution in [0.2, 0.25) is 0 Å². The number of imidazole rings is 1. The molecule has 2 N–H and O–H groups in total. The van der Waals surface area contributed by atoms with Crippen molar-refractivity contribution in [2.45, 2.75) is 18.8 Å². The number of hydrogen-bond donors (Lipinski definition) is 1. The van der Waals surface area contributed by atoms with Gasteiger partial charge in [-0.15, -0.1) is 0 Å². The number of nitrogen functional groups attached to an aromatic ring is 1. The predicted molar refractivity (Wildman–Crippen MR) is 64.9 cm³/mol. The van der Waals surface area contributed by atoms with Gasteiger partial charge in [0.05, 0.1) is 0 Å². The summed E-state index contributed by atoms with van der Waals surface area (Å²) in [7, 11) is 1.76. The molecule has 1 heterocycles. The zero-order valence-electron chi connectivity index (χ0n) is 10.3. The lowest BCUT2D eigenvalue weighted by atomic mass is 10.1. The Kier molecular flexibility index (Phi) is 2.55. The highest BCUT2D eigenvalue weighted by Gasteiger charge is 2.30. The van der Waals surface area contributed by atoms with Gasteiger partial charge >= 0.3 is 0 Å². The molecule has 1 aliphatic rings. The zero-order valence-corrected chi connectivity index (χ0v) is 10.3. The third-order valence-electron chi connectivity index (χ3n) is 3.37. The van der Waals surface area contributed by atoms with Gasteiger partial charge in [-0.05, 0) is 25.0 Å². The molecule has 0 spiro atoms. The Hall–Kier alpha value is -1.98. The largest absolute Gasteiger partial charge is 0.383 e. The molecule has 1 aromatic heterocycles. The molecule has 1 aromatic carbocycles. The van der Waals surface area contributed by atoms with E-state index in [9.17, 15) is 13.2 Å². The van der Waals surface area contributed by atoms with Crippen LogP contribution in [0.4, 0.5) is 19.0 Å². The van der Waals surface area contributed by atoms with Crippen LogP contribution in [-0.2, 0) is 7.05 Å². The molecule has 19 heavy (non-hydrogen) atoms. The lowest BCUT2D eigenvalue weighted by molar-refractivity contribution is 0.447. The van der Waals surface area contributed by atoms with Crippen molar-refractivity contribution in [3.63, 3.8) is 0 Å². The highest BCUT2D eigenvalue weighted by atomic mass is 19.2. The van der Waals surface area contributed by atoms with Crippen LogP contribution in [0.5, 0.6) is 0 Å². The van der Waals surface area contributed by atoms with Gasteiger partial charge in [-0.3, -0.25) is 0 Å². The van der Waals surface area contributed by atoms with Gasteiger partial charge < -0.3 is 10.3 Å². The van der Waals surface area contributed by atoms with Gasteiger partial charge in [-0.25, -0.2) is 18.2 Å². The number of nitrogens with two attached hydrogens (primary N) is 1. The van der Waals surface area contributed by atoms with Gasteiger partial charge in [0.25, 0.3) is 0 Å². The molecule has 1 aliphatic carbocycles. The fraction of sp³-hybridized carbons (Fsp3) is 0.308. The summed E-state index contributed by atoms with van der Waals surface area (Å²) >= 11 is 0. The minimum absolute atomic E-state index is 0.149. The first kappa shape index (κ1) is 12.1. The first-order valence-electron chi connectivity index (χ1n) is 5.96. The summed E-state index contributed by atoms with van der Waals surface area (Å²) in [6.07, 6.45) is 2.08. The number of hydrogen-bond acceptors (Lipinski definition) is 2. The van der Waals surface area contributed by atoms with E-state index >= 15 is 0 Å². The minimum Gasteiger partial charge on any atom is -0.383 e. The van der Waals surface area contributed by atoms with Crippen LogP contribution in [0.3, 0.4) is 0 Å². The fourth-order valence-electron chi connectivity index (χ4n) is 2.14. The monoisotopic (exact) mass is 267 g/mol. The van der Waals surface area contributed by atoms with Gasteiger partial charge in [0.1, 0.15) is 17.3 Å². The summed E-state index contributed by atoms with van der Waals surface area (Å²) in [5.41, 5.74) is 6.34. The topological polar surface area (TPSA) is 43.8 Å². The highest BCUT2D eigenvalue weighted by Crippen LogP contribution is 2.41. The Balaban J connectivity index is 2.14. The van der Waals surface area contributed by atoms with E-state index in [0.717, 1.165) is 30.8 Å². The fourth-order valence-corrected chi connectivity index (χ4v) is 2.14. The van der Waals surface area contributed by atoms with E-state index in [4.69, 9.17) is 5.73 Å². The van der Waals surface area contributed by atoms with Gasteiger partial charge in [0, 0.05) is 18.5 Å². The highest BCUT2D eigenvalue weighted by molar-refractivity contribution is 5.71. The van der Waals surface area contributed by atoms with Crippen molar-refractivity contribution in [1.82, 2.24) is 9.55 Å². The summed E-state index contributed by atoms with van der Waals surface area (Å²) in [4.78, 5) is 4.34. The standard InChI is InChI=1S/C13H12F3N3/c1-19-12(17)11(18-13(19)6-2-3-6)7-4-8(14)10(16)9(15)5-7/h4-6H,2-3,17H2,1H3. The maximum atomic E-state index is 13.2. The van der Waals surface area contributed by atoms with Gasteiger partial charge in [0.15, 0.2) is 17.5 Å². The van der Waals surface area contributed by atoms with E-state index < -0.39 is 17.5 Å². The molecule has 1 fully saturated rings. The van der Waals surface area contributed by atoms with Crippen LogP contribution in [-0.4, -0.2) is 9.55 Å². The molecule has 3 nitrogen and oxygen atoms in total. The van der Waals surface area contributed by atoms with Crippen LogP contribution in [0.15, 0.2) is 12.1 Å². The minimum atomic E-state index is -1.49. The van der Waals surface area contributed by atoms with Crippen LogP contribution in [0.25, 0.3) is 11.3 Å². The molecule has 0 bridgehead atoms. The van der Waals surface area contributed by atoms with Crippen molar-refractivity contribution in [1.29, 1.82) is 0 Å². The normalized spacial score (nSPS) is 14.9. The number of anilines is 1. The molecule has 100 valence electrons. The van der Waals surface area contributed by atoms with Crippen LogP contribution >= 0.6 is 0 Å². The lowest BCUT2D eigenvalue weighted by Crippen LogP contribution is -2.00.